The summed E-state index contributed by atoms with van der Waals surface area (Å²) in [6.45, 7) is 3.54. The molecule has 0 aliphatic carbocycles. The lowest BCUT2D eigenvalue weighted by atomic mass is 9.98. The van der Waals surface area contributed by atoms with Crippen LogP contribution in [-0.4, -0.2) is 47.8 Å². The number of piperazine rings is 1. The Balaban J connectivity index is 1.52. The minimum absolute atomic E-state index is 0.00333. The average Bonchev–Trinajstić information content (AvgIpc) is 2.91. The van der Waals surface area contributed by atoms with E-state index in [-0.39, 0.29) is 29.1 Å². The molecule has 4 rings (SSSR count). The van der Waals surface area contributed by atoms with Crippen LogP contribution >= 0.6 is 0 Å². The fourth-order valence-electron chi connectivity index (χ4n) is 4.55. The summed E-state index contributed by atoms with van der Waals surface area (Å²) in [4.78, 5) is 39.9. The van der Waals surface area contributed by atoms with E-state index in [0.717, 1.165) is 12.0 Å². The molecule has 2 amide bonds. The van der Waals surface area contributed by atoms with Gasteiger partial charge in [-0.05, 0) is 36.1 Å². The summed E-state index contributed by atoms with van der Waals surface area (Å²) in [5.41, 5.74) is 2.75. The van der Waals surface area contributed by atoms with Crippen LogP contribution in [0.2, 0.25) is 0 Å². The van der Waals surface area contributed by atoms with Gasteiger partial charge in [-0.2, -0.15) is 0 Å². The first-order valence-electron chi connectivity index (χ1n) is 12.1. The Labute approximate surface area is 210 Å². The SMILES string of the molecule is CC(=O)N1CCN(c2ccc(C(=O)NC(CCc3ccccc3)c3ccccc3)cc2[N+](=O)[O-])CC1. The summed E-state index contributed by atoms with van der Waals surface area (Å²) in [7, 11) is 0. The smallest absolute Gasteiger partial charge is 0.293 e. The standard InChI is InChI=1S/C28H30N4O4/c1-21(33)30-16-18-31(19-17-30)26-15-13-24(20-27(26)32(35)36)28(34)29-25(23-10-6-3-7-11-23)14-12-22-8-4-2-5-9-22/h2-11,13,15,20,25H,12,14,16-19H2,1H3,(H,29,34). The van der Waals surface area contributed by atoms with Crippen LogP contribution in [0.15, 0.2) is 78.9 Å². The van der Waals surface area contributed by atoms with E-state index in [4.69, 9.17) is 0 Å². The lowest BCUT2D eigenvalue weighted by Gasteiger charge is -2.35. The van der Waals surface area contributed by atoms with Gasteiger partial charge >= 0.3 is 0 Å². The van der Waals surface area contributed by atoms with Gasteiger partial charge in [-0.25, -0.2) is 0 Å². The predicted octanol–water partition coefficient (Wildman–Crippen LogP) is 4.37. The molecule has 0 bridgehead atoms. The van der Waals surface area contributed by atoms with Crippen molar-refractivity contribution < 1.29 is 14.5 Å². The van der Waals surface area contributed by atoms with Crippen molar-refractivity contribution in [2.45, 2.75) is 25.8 Å². The van der Waals surface area contributed by atoms with Crippen LogP contribution in [0.25, 0.3) is 0 Å². The van der Waals surface area contributed by atoms with E-state index in [9.17, 15) is 19.7 Å². The third-order valence-electron chi connectivity index (χ3n) is 6.57. The molecule has 3 aromatic rings. The highest BCUT2D eigenvalue weighted by atomic mass is 16.6. The second-order valence-electron chi connectivity index (χ2n) is 8.91. The van der Waals surface area contributed by atoms with Gasteiger partial charge in [-0.3, -0.25) is 19.7 Å². The molecule has 0 radical (unpaired) electrons. The first-order chi connectivity index (χ1) is 17.4. The van der Waals surface area contributed by atoms with Gasteiger partial charge in [0.25, 0.3) is 11.6 Å². The molecule has 8 heteroatoms. The van der Waals surface area contributed by atoms with Gasteiger partial charge in [-0.1, -0.05) is 60.7 Å². The van der Waals surface area contributed by atoms with E-state index < -0.39 is 4.92 Å². The lowest BCUT2D eigenvalue weighted by Crippen LogP contribution is -2.48. The molecule has 0 spiro atoms. The number of amides is 2. The minimum atomic E-state index is -0.451. The van der Waals surface area contributed by atoms with Crippen LogP contribution in [0.1, 0.15) is 40.9 Å². The molecule has 8 nitrogen and oxygen atoms in total. The Bertz CT molecular complexity index is 1210. The fourth-order valence-corrected chi connectivity index (χ4v) is 4.55. The molecule has 1 heterocycles. The van der Waals surface area contributed by atoms with E-state index >= 15 is 0 Å². The first-order valence-corrected chi connectivity index (χ1v) is 12.1. The van der Waals surface area contributed by atoms with E-state index in [1.807, 2.05) is 53.4 Å². The van der Waals surface area contributed by atoms with Crippen molar-refractivity contribution in [3.63, 3.8) is 0 Å². The van der Waals surface area contributed by atoms with E-state index in [1.54, 1.807) is 17.0 Å². The maximum absolute atomic E-state index is 13.2. The van der Waals surface area contributed by atoms with Gasteiger partial charge in [-0.15, -0.1) is 0 Å². The molecular weight excluding hydrogens is 456 g/mol. The van der Waals surface area contributed by atoms with E-state index in [2.05, 4.69) is 17.4 Å². The minimum Gasteiger partial charge on any atom is -0.362 e. The molecule has 1 aliphatic heterocycles. The van der Waals surface area contributed by atoms with Gasteiger partial charge < -0.3 is 15.1 Å². The lowest BCUT2D eigenvalue weighted by molar-refractivity contribution is -0.384. The Hall–Kier alpha value is -4.20. The highest BCUT2D eigenvalue weighted by Crippen LogP contribution is 2.30. The number of hydrogen-bond donors (Lipinski definition) is 1. The van der Waals surface area contributed by atoms with Crippen molar-refractivity contribution >= 4 is 23.2 Å². The molecule has 0 saturated carbocycles. The van der Waals surface area contributed by atoms with Crippen LogP contribution in [0.3, 0.4) is 0 Å². The van der Waals surface area contributed by atoms with Gasteiger partial charge in [0.15, 0.2) is 0 Å². The topological polar surface area (TPSA) is 95.8 Å². The molecule has 1 fully saturated rings. The Morgan fingerprint density at radius 3 is 2.19 bits per heavy atom. The quantitative estimate of drug-likeness (QED) is 0.377. The van der Waals surface area contributed by atoms with Crippen LogP contribution in [-0.2, 0) is 11.2 Å². The van der Waals surface area contributed by atoms with Crippen molar-refractivity contribution in [3.05, 3.63) is 106 Å². The predicted molar refractivity (Wildman–Crippen MR) is 139 cm³/mol. The van der Waals surface area contributed by atoms with E-state index in [1.165, 1.54) is 18.6 Å². The monoisotopic (exact) mass is 486 g/mol. The number of nitro groups is 1. The Morgan fingerprint density at radius 2 is 1.58 bits per heavy atom. The van der Waals surface area contributed by atoms with Gasteiger partial charge in [0.1, 0.15) is 5.69 Å². The molecule has 1 N–H and O–H groups in total. The van der Waals surface area contributed by atoms with Crippen molar-refractivity contribution in [2.75, 3.05) is 31.1 Å². The zero-order valence-electron chi connectivity index (χ0n) is 20.3. The van der Waals surface area contributed by atoms with Gasteiger partial charge in [0.05, 0.1) is 11.0 Å². The third-order valence-corrected chi connectivity index (χ3v) is 6.57. The molecule has 186 valence electrons. The zero-order valence-corrected chi connectivity index (χ0v) is 20.3. The number of rotatable bonds is 8. The zero-order chi connectivity index (χ0) is 25.5. The number of nitro benzene ring substituents is 1. The van der Waals surface area contributed by atoms with Crippen molar-refractivity contribution in [1.82, 2.24) is 10.2 Å². The van der Waals surface area contributed by atoms with E-state index in [0.29, 0.717) is 38.3 Å². The molecule has 1 aliphatic rings. The van der Waals surface area contributed by atoms with Crippen molar-refractivity contribution in [1.29, 1.82) is 0 Å². The molecule has 36 heavy (non-hydrogen) atoms. The number of nitrogens with zero attached hydrogens (tertiary/aromatic N) is 3. The Morgan fingerprint density at radius 1 is 0.944 bits per heavy atom. The second kappa shape index (κ2) is 11.5. The number of benzene rings is 3. The summed E-state index contributed by atoms with van der Waals surface area (Å²) in [6.07, 6.45) is 1.48. The maximum atomic E-state index is 13.2. The summed E-state index contributed by atoms with van der Waals surface area (Å²) < 4.78 is 0. The molecule has 3 aromatic carbocycles. The normalized spacial score (nSPS) is 14.2. The maximum Gasteiger partial charge on any atom is 0.293 e. The van der Waals surface area contributed by atoms with Crippen LogP contribution in [0.5, 0.6) is 0 Å². The van der Waals surface area contributed by atoms with Crippen molar-refractivity contribution in [3.8, 4) is 0 Å². The van der Waals surface area contributed by atoms with Crippen LogP contribution in [0.4, 0.5) is 11.4 Å². The molecule has 1 unspecified atom stereocenters. The number of hydrogen-bond acceptors (Lipinski definition) is 5. The summed E-state index contributed by atoms with van der Waals surface area (Å²) in [6, 6.07) is 24.2. The van der Waals surface area contributed by atoms with Gasteiger partial charge in [0, 0.05) is 44.7 Å². The van der Waals surface area contributed by atoms with Gasteiger partial charge in [0.2, 0.25) is 5.91 Å². The second-order valence-corrected chi connectivity index (χ2v) is 8.91. The number of anilines is 1. The first kappa shape index (κ1) is 24.9. The summed E-state index contributed by atoms with van der Waals surface area (Å²) >= 11 is 0. The van der Waals surface area contributed by atoms with Crippen LogP contribution < -0.4 is 10.2 Å². The van der Waals surface area contributed by atoms with Crippen molar-refractivity contribution in [2.24, 2.45) is 0 Å². The highest BCUT2D eigenvalue weighted by Gasteiger charge is 2.26. The molecule has 1 saturated heterocycles. The summed E-state index contributed by atoms with van der Waals surface area (Å²) in [5, 5.41) is 15.0. The van der Waals surface area contributed by atoms with Crippen LogP contribution in [0, 0.1) is 10.1 Å². The average molecular weight is 487 g/mol. The largest absolute Gasteiger partial charge is 0.362 e. The third kappa shape index (κ3) is 6.07. The Kier molecular flexibility index (Phi) is 7.95. The number of nitrogens with one attached hydrogen (secondary N) is 1. The molecular formula is C28H30N4O4. The number of carbonyl (C=O) groups is 2. The summed E-state index contributed by atoms with van der Waals surface area (Å²) in [5.74, 6) is -0.357. The molecule has 1 atom stereocenters. The highest BCUT2D eigenvalue weighted by molar-refractivity contribution is 5.96. The molecule has 0 aromatic heterocycles. The number of aryl methyl sites for hydroxylation is 1. The fraction of sp³-hybridized carbons (Fsp3) is 0.286. The number of carbonyl (C=O) groups excluding carboxylic acids is 2.